The summed E-state index contributed by atoms with van der Waals surface area (Å²) >= 11 is 0. The molecule has 0 aromatic heterocycles. The third-order valence-corrected chi connectivity index (χ3v) is 4.19. The standard InChI is InChI=1S/C23H24N.Li/c1-23(2,3)20-12-10-11-19(17-20)18-24(21-13-6-4-7-14-21)22-15-8-5-9-16-22;/h4-10,12-17H,18H2,1-3H3;/q-1;+1. The molecule has 0 fully saturated rings. The van der Waals surface area contributed by atoms with Crippen molar-refractivity contribution >= 4 is 11.4 Å². The average Bonchev–Trinajstić information content (AvgIpc) is 2.61. The summed E-state index contributed by atoms with van der Waals surface area (Å²) in [6.45, 7) is 7.55. The Bertz CT molecular complexity index is 736. The van der Waals surface area contributed by atoms with Crippen LogP contribution in [0.3, 0.4) is 0 Å². The van der Waals surface area contributed by atoms with Crippen molar-refractivity contribution in [2.24, 2.45) is 0 Å². The molecule has 3 rings (SSSR count). The van der Waals surface area contributed by atoms with Gasteiger partial charge < -0.3 is 4.90 Å². The zero-order valence-electron chi connectivity index (χ0n) is 15.7. The Labute approximate surface area is 163 Å². The third kappa shape index (κ3) is 5.02. The summed E-state index contributed by atoms with van der Waals surface area (Å²) in [6.07, 6.45) is 0. The first-order chi connectivity index (χ1) is 11.5. The molecule has 0 saturated heterocycles. The number of benzene rings is 3. The van der Waals surface area contributed by atoms with Crippen LogP contribution in [0.25, 0.3) is 0 Å². The minimum atomic E-state index is 0. The van der Waals surface area contributed by atoms with E-state index in [4.69, 9.17) is 0 Å². The van der Waals surface area contributed by atoms with E-state index in [1.165, 1.54) is 22.5 Å². The third-order valence-electron chi connectivity index (χ3n) is 4.19. The zero-order chi connectivity index (χ0) is 17.0. The average molecular weight is 321 g/mol. The molecule has 0 atom stereocenters. The molecule has 0 aliphatic heterocycles. The summed E-state index contributed by atoms with van der Waals surface area (Å²) in [5.74, 6) is 0. The van der Waals surface area contributed by atoms with Crippen LogP contribution < -0.4 is 23.8 Å². The second-order valence-corrected chi connectivity index (χ2v) is 7.11. The minimum Gasteiger partial charge on any atom is -0.339 e. The monoisotopic (exact) mass is 321 g/mol. The van der Waals surface area contributed by atoms with E-state index in [9.17, 15) is 0 Å². The number of hydrogen-bond acceptors (Lipinski definition) is 1. The predicted octanol–water partition coefficient (Wildman–Crippen LogP) is 3.13. The van der Waals surface area contributed by atoms with Crippen molar-refractivity contribution in [2.45, 2.75) is 32.7 Å². The van der Waals surface area contributed by atoms with Crippen LogP contribution in [-0.2, 0) is 12.0 Å². The van der Waals surface area contributed by atoms with Gasteiger partial charge in [0, 0.05) is 17.9 Å². The second kappa shape index (κ2) is 8.43. The van der Waals surface area contributed by atoms with E-state index in [2.05, 4.69) is 105 Å². The molecular formula is C23H24LiN. The fourth-order valence-electron chi connectivity index (χ4n) is 2.79. The van der Waals surface area contributed by atoms with Crippen LogP contribution in [0.1, 0.15) is 31.9 Å². The van der Waals surface area contributed by atoms with Gasteiger partial charge in [-0.15, -0.1) is 5.56 Å². The molecule has 25 heavy (non-hydrogen) atoms. The molecule has 0 saturated carbocycles. The summed E-state index contributed by atoms with van der Waals surface area (Å²) in [5.41, 5.74) is 5.08. The molecule has 0 heterocycles. The molecule has 122 valence electrons. The first kappa shape index (κ1) is 19.4. The van der Waals surface area contributed by atoms with Gasteiger partial charge in [-0.1, -0.05) is 57.2 Å². The number of hydrogen-bond donors (Lipinski definition) is 0. The van der Waals surface area contributed by atoms with Crippen LogP contribution in [0.15, 0.2) is 78.9 Å². The quantitative estimate of drug-likeness (QED) is 0.527. The van der Waals surface area contributed by atoms with Crippen LogP contribution in [0.5, 0.6) is 0 Å². The molecule has 2 heteroatoms. The molecule has 3 aromatic rings. The second-order valence-electron chi connectivity index (χ2n) is 7.11. The van der Waals surface area contributed by atoms with Gasteiger partial charge in [-0.05, 0) is 29.7 Å². The summed E-state index contributed by atoms with van der Waals surface area (Å²) in [6, 6.07) is 31.0. The van der Waals surface area contributed by atoms with Gasteiger partial charge in [0.15, 0.2) is 0 Å². The Kier molecular flexibility index (Phi) is 6.54. The first-order valence-corrected chi connectivity index (χ1v) is 8.43. The van der Waals surface area contributed by atoms with E-state index >= 15 is 0 Å². The molecule has 0 bridgehead atoms. The number of rotatable bonds is 4. The topological polar surface area (TPSA) is 3.24 Å². The molecule has 0 aliphatic rings. The van der Waals surface area contributed by atoms with Crippen LogP contribution >= 0.6 is 0 Å². The minimum absolute atomic E-state index is 0. The molecule has 0 N–H and O–H groups in total. The van der Waals surface area contributed by atoms with Crippen molar-refractivity contribution in [3.8, 4) is 0 Å². The summed E-state index contributed by atoms with van der Waals surface area (Å²) in [4.78, 5) is 2.33. The maximum absolute atomic E-state index is 3.41. The van der Waals surface area contributed by atoms with E-state index in [1.807, 2.05) is 6.07 Å². The summed E-state index contributed by atoms with van der Waals surface area (Å²) in [7, 11) is 0. The maximum atomic E-state index is 3.41. The maximum Gasteiger partial charge on any atom is 1.00 e. The Morgan fingerprint density at radius 1 is 0.800 bits per heavy atom. The van der Waals surface area contributed by atoms with E-state index in [0.29, 0.717) is 0 Å². The first-order valence-electron chi connectivity index (χ1n) is 8.43. The van der Waals surface area contributed by atoms with Crippen LogP contribution in [0.2, 0.25) is 0 Å². The molecule has 0 unspecified atom stereocenters. The van der Waals surface area contributed by atoms with Gasteiger partial charge in [-0.25, -0.2) is 0 Å². The van der Waals surface area contributed by atoms with Crippen molar-refractivity contribution in [3.63, 3.8) is 0 Å². The van der Waals surface area contributed by atoms with Crippen LogP contribution in [-0.4, -0.2) is 0 Å². The van der Waals surface area contributed by atoms with Crippen molar-refractivity contribution in [1.29, 1.82) is 0 Å². The molecular weight excluding hydrogens is 297 g/mol. The van der Waals surface area contributed by atoms with E-state index in [-0.39, 0.29) is 24.3 Å². The van der Waals surface area contributed by atoms with Crippen molar-refractivity contribution < 1.29 is 18.9 Å². The van der Waals surface area contributed by atoms with Crippen LogP contribution in [0, 0.1) is 6.07 Å². The fourth-order valence-corrected chi connectivity index (χ4v) is 2.79. The van der Waals surface area contributed by atoms with Gasteiger partial charge in [0.05, 0.1) is 0 Å². The van der Waals surface area contributed by atoms with E-state index in [0.717, 1.165) is 6.54 Å². The fraction of sp³-hybridized carbons (Fsp3) is 0.217. The zero-order valence-corrected chi connectivity index (χ0v) is 15.7. The van der Waals surface area contributed by atoms with Gasteiger partial charge in [0.2, 0.25) is 0 Å². The normalized spacial score (nSPS) is 10.8. The Morgan fingerprint density at radius 2 is 1.32 bits per heavy atom. The van der Waals surface area contributed by atoms with Crippen molar-refractivity contribution in [2.75, 3.05) is 4.90 Å². The van der Waals surface area contributed by atoms with Gasteiger partial charge in [-0.3, -0.25) is 0 Å². The molecule has 0 amide bonds. The van der Waals surface area contributed by atoms with Crippen LogP contribution in [0.4, 0.5) is 11.4 Å². The Morgan fingerprint density at radius 3 is 1.80 bits per heavy atom. The van der Waals surface area contributed by atoms with Gasteiger partial charge >= 0.3 is 18.9 Å². The van der Waals surface area contributed by atoms with E-state index in [1.54, 1.807) is 0 Å². The summed E-state index contributed by atoms with van der Waals surface area (Å²) < 4.78 is 0. The largest absolute Gasteiger partial charge is 1.00 e. The van der Waals surface area contributed by atoms with Crippen molar-refractivity contribution in [1.82, 2.24) is 0 Å². The number of para-hydroxylation sites is 2. The predicted molar refractivity (Wildman–Crippen MR) is 103 cm³/mol. The Balaban J connectivity index is 0.00000225. The smallest absolute Gasteiger partial charge is 0.339 e. The van der Waals surface area contributed by atoms with E-state index < -0.39 is 0 Å². The Hall–Kier alpha value is -1.94. The van der Waals surface area contributed by atoms with Gasteiger partial charge in [-0.2, -0.15) is 29.8 Å². The molecule has 0 radical (unpaired) electrons. The number of nitrogens with zero attached hydrogens (tertiary/aromatic N) is 1. The molecule has 0 aliphatic carbocycles. The molecule has 3 aromatic carbocycles. The number of anilines is 2. The van der Waals surface area contributed by atoms with Crippen molar-refractivity contribution in [3.05, 3.63) is 96.1 Å². The SMILES string of the molecule is CC(C)(C)c1cc[c-]c(CN(c2ccccc2)c2ccccc2)c1.[Li+]. The van der Waals surface area contributed by atoms with Gasteiger partial charge in [0.1, 0.15) is 0 Å². The summed E-state index contributed by atoms with van der Waals surface area (Å²) in [5, 5.41) is 0. The molecule has 0 spiro atoms. The van der Waals surface area contributed by atoms with Gasteiger partial charge in [0.25, 0.3) is 0 Å². The molecule has 1 nitrogen and oxygen atoms in total.